The highest BCUT2D eigenvalue weighted by Gasteiger charge is 2.42. The molecule has 0 bridgehead atoms. The number of anilines is 2. The van der Waals surface area contributed by atoms with Crippen LogP contribution < -0.4 is 19.7 Å². The number of para-hydroxylation sites is 1. The van der Waals surface area contributed by atoms with Crippen molar-refractivity contribution in [2.75, 3.05) is 23.0 Å². The predicted molar refractivity (Wildman–Crippen MR) is 164 cm³/mol. The van der Waals surface area contributed by atoms with Crippen LogP contribution in [0, 0.1) is 27.7 Å². The van der Waals surface area contributed by atoms with Gasteiger partial charge in [0.25, 0.3) is 0 Å². The van der Waals surface area contributed by atoms with E-state index in [1.165, 1.54) is 23.9 Å². The number of aromatic nitrogens is 2. The third-order valence-electron chi connectivity index (χ3n) is 7.31. The van der Waals surface area contributed by atoms with E-state index in [9.17, 15) is 8.42 Å². The number of methoxy groups -OCH3 is 1. The summed E-state index contributed by atoms with van der Waals surface area (Å²) in [4.78, 5) is 6.71. The molecule has 40 heavy (non-hydrogen) atoms. The van der Waals surface area contributed by atoms with E-state index in [4.69, 9.17) is 17.0 Å². The minimum Gasteiger partial charge on any atom is -0.495 e. The number of hydrogen-bond acceptors (Lipinski definition) is 5. The van der Waals surface area contributed by atoms with E-state index in [0.29, 0.717) is 16.5 Å². The average Bonchev–Trinajstić information content (AvgIpc) is 3.39. The molecule has 2 unspecified atom stereocenters. The molecule has 8 nitrogen and oxygen atoms in total. The summed E-state index contributed by atoms with van der Waals surface area (Å²) in [7, 11) is -2.03. The highest BCUT2D eigenvalue weighted by Crippen LogP contribution is 2.45. The first-order valence-electron chi connectivity index (χ1n) is 12.9. The topological polar surface area (TPSA) is 88.5 Å². The van der Waals surface area contributed by atoms with Crippen LogP contribution in [0.25, 0.3) is 5.69 Å². The third kappa shape index (κ3) is 5.04. The molecule has 0 aliphatic carbocycles. The highest BCUT2D eigenvalue weighted by atomic mass is 32.2. The fourth-order valence-corrected chi connectivity index (χ4v) is 6.57. The molecule has 2 N–H and O–H groups in total. The number of ether oxygens (including phenoxy) is 1. The monoisotopic (exact) mass is 575 g/mol. The molecule has 208 valence electrons. The number of aryl methyl sites for hydroxylation is 3. The maximum absolute atomic E-state index is 12.1. The molecule has 2 aromatic carbocycles. The number of pyridine rings is 1. The van der Waals surface area contributed by atoms with Crippen molar-refractivity contribution in [3.63, 3.8) is 0 Å². The summed E-state index contributed by atoms with van der Waals surface area (Å²) in [5.74, 6) is 0.415. The van der Waals surface area contributed by atoms with Gasteiger partial charge in [0.05, 0.1) is 42.5 Å². The van der Waals surface area contributed by atoms with Gasteiger partial charge in [-0.15, -0.1) is 0 Å². The van der Waals surface area contributed by atoms with E-state index >= 15 is 0 Å². The number of sulfonamides is 1. The van der Waals surface area contributed by atoms with Crippen LogP contribution in [-0.2, 0) is 10.0 Å². The Morgan fingerprint density at radius 2 is 1.73 bits per heavy atom. The molecule has 1 fully saturated rings. The number of benzene rings is 2. The van der Waals surface area contributed by atoms with Crippen molar-refractivity contribution in [3.05, 3.63) is 101 Å². The summed E-state index contributed by atoms with van der Waals surface area (Å²) >= 11 is 5.92. The van der Waals surface area contributed by atoms with E-state index in [2.05, 4.69) is 71.6 Å². The lowest BCUT2D eigenvalue weighted by atomic mass is 9.96. The van der Waals surface area contributed by atoms with Crippen LogP contribution in [-0.4, -0.2) is 36.4 Å². The van der Waals surface area contributed by atoms with Crippen LogP contribution in [0.1, 0.15) is 45.9 Å². The second kappa shape index (κ2) is 10.6. The SMILES string of the molecule is COc1ccc(N2C(=S)NC(c3ccccn3)C2c2cc(C)n(-c3c(C)cccc3C)c2C)cc1NS(C)(=O)=O. The van der Waals surface area contributed by atoms with Crippen molar-refractivity contribution >= 4 is 38.7 Å². The second-order valence-electron chi connectivity index (χ2n) is 10.2. The molecule has 0 amide bonds. The minimum absolute atomic E-state index is 0.242. The molecule has 1 saturated heterocycles. The van der Waals surface area contributed by atoms with Gasteiger partial charge in [-0.05, 0) is 93.0 Å². The molecule has 1 aliphatic rings. The summed E-state index contributed by atoms with van der Waals surface area (Å²) in [5, 5.41) is 4.02. The van der Waals surface area contributed by atoms with Gasteiger partial charge in [0.15, 0.2) is 5.11 Å². The second-order valence-corrected chi connectivity index (χ2v) is 12.3. The summed E-state index contributed by atoms with van der Waals surface area (Å²) < 4.78 is 34.6. The lowest BCUT2D eigenvalue weighted by Crippen LogP contribution is -2.29. The lowest BCUT2D eigenvalue weighted by molar-refractivity contribution is 0.417. The largest absolute Gasteiger partial charge is 0.495 e. The highest BCUT2D eigenvalue weighted by molar-refractivity contribution is 7.92. The zero-order valence-electron chi connectivity index (χ0n) is 23.4. The summed E-state index contributed by atoms with van der Waals surface area (Å²) in [6.45, 7) is 8.51. The van der Waals surface area contributed by atoms with Gasteiger partial charge in [0, 0.05) is 23.3 Å². The Hall–Kier alpha value is -3.89. The van der Waals surface area contributed by atoms with Crippen molar-refractivity contribution in [3.8, 4) is 11.4 Å². The molecule has 0 radical (unpaired) electrons. The van der Waals surface area contributed by atoms with E-state index in [1.807, 2.05) is 29.2 Å². The maximum Gasteiger partial charge on any atom is 0.229 e. The van der Waals surface area contributed by atoms with Crippen molar-refractivity contribution in [2.45, 2.75) is 39.8 Å². The number of rotatable bonds is 7. The molecular formula is C30H33N5O3S2. The Kier molecular flexibility index (Phi) is 7.32. The van der Waals surface area contributed by atoms with Gasteiger partial charge in [-0.1, -0.05) is 24.3 Å². The molecule has 0 saturated carbocycles. The van der Waals surface area contributed by atoms with Crippen molar-refractivity contribution in [1.82, 2.24) is 14.9 Å². The van der Waals surface area contributed by atoms with Gasteiger partial charge in [-0.3, -0.25) is 9.71 Å². The number of nitrogens with one attached hydrogen (secondary N) is 2. The van der Waals surface area contributed by atoms with Gasteiger partial charge < -0.3 is 19.5 Å². The zero-order valence-corrected chi connectivity index (χ0v) is 25.0. The minimum atomic E-state index is -3.54. The van der Waals surface area contributed by atoms with Crippen molar-refractivity contribution < 1.29 is 13.2 Å². The number of thiocarbonyl (C=S) groups is 1. The molecule has 2 atom stereocenters. The predicted octanol–water partition coefficient (Wildman–Crippen LogP) is 5.66. The Balaban J connectivity index is 1.71. The van der Waals surface area contributed by atoms with E-state index in [1.54, 1.807) is 18.3 Å². The van der Waals surface area contributed by atoms with Gasteiger partial charge >= 0.3 is 0 Å². The van der Waals surface area contributed by atoms with Gasteiger partial charge in [-0.25, -0.2) is 8.42 Å². The van der Waals surface area contributed by atoms with Crippen LogP contribution >= 0.6 is 12.2 Å². The smallest absolute Gasteiger partial charge is 0.229 e. The zero-order chi connectivity index (χ0) is 28.8. The quantitative estimate of drug-likeness (QED) is 0.275. The van der Waals surface area contributed by atoms with Crippen LogP contribution in [0.5, 0.6) is 5.75 Å². The molecule has 3 heterocycles. The number of nitrogens with zero attached hydrogens (tertiary/aromatic N) is 3. The van der Waals surface area contributed by atoms with Gasteiger partial charge in [0.2, 0.25) is 10.0 Å². The fraction of sp³-hybridized carbons (Fsp3) is 0.267. The average molecular weight is 576 g/mol. The van der Waals surface area contributed by atoms with Crippen LogP contribution in [0.3, 0.4) is 0 Å². The normalized spacial score (nSPS) is 17.1. The Morgan fingerprint density at radius 1 is 1.00 bits per heavy atom. The van der Waals surface area contributed by atoms with Crippen LogP contribution in [0.15, 0.2) is 66.9 Å². The standard InChI is InChI=1S/C30H33N5O3S2/c1-18-10-9-11-19(2)28(18)34-20(3)16-23(21(34)4)29-27(24-12-7-8-15-31-24)32-30(39)35(29)22-13-14-26(38-5)25(17-22)33-40(6,36)37/h7-17,27,29,33H,1-6H3,(H,32,39). The first-order valence-corrected chi connectivity index (χ1v) is 15.2. The van der Waals surface area contributed by atoms with E-state index in [-0.39, 0.29) is 12.1 Å². The lowest BCUT2D eigenvalue weighted by Gasteiger charge is -2.29. The molecule has 5 rings (SSSR count). The van der Waals surface area contributed by atoms with Gasteiger partial charge in [-0.2, -0.15) is 0 Å². The molecule has 10 heteroatoms. The molecule has 1 aliphatic heterocycles. The van der Waals surface area contributed by atoms with E-state index < -0.39 is 10.0 Å². The van der Waals surface area contributed by atoms with Crippen molar-refractivity contribution in [2.24, 2.45) is 0 Å². The Labute approximate surface area is 241 Å². The Bertz CT molecular complexity index is 1680. The van der Waals surface area contributed by atoms with Gasteiger partial charge in [0.1, 0.15) is 5.75 Å². The first-order chi connectivity index (χ1) is 19.0. The first kappa shape index (κ1) is 27.7. The molecule has 0 spiro atoms. The van der Waals surface area contributed by atoms with Crippen LogP contribution in [0.4, 0.5) is 11.4 Å². The summed E-state index contributed by atoms with van der Waals surface area (Å²) in [6.07, 6.45) is 2.89. The van der Waals surface area contributed by atoms with E-state index in [0.717, 1.165) is 34.6 Å². The fourth-order valence-electron chi connectivity index (χ4n) is 5.66. The van der Waals surface area contributed by atoms with Crippen molar-refractivity contribution in [1.29, 1.82) is 0 Å². The molecule has 4 aromatic rings. The molecular weight excluding hydrogens is 542 g/mol. The number of hydrogen-bond donors (Lipinski definition) is 2. The third-order valence-corrected chi connectivity index (χ3v) is 8.21. The Morgan fingerprint density at radius 3 is 2.35 bits per heavy atom. The maximum atomic E-state index is 12.1. The summed E-state index contributed by atoms with van der Waals surface area (Å²) in [5.41, 5.74) is 8.78. The summed E-state index contributed by atoms with van der Waals surface area (Å²) in [6, 6.07) is 19.3. The van der Waals surface area contributed by atoms with Crippen LogP contribution in [0.2, 0.25) is 0 Å². The molecule has 2 aromatic heterocycles.